The molecule has 0 unspecified atom stereocenters. The maximum Gasteiger partial charge on any atom is 0.129 e. The highest BCUT2D eigenvalue weighted by Gasteiger charge is 2.07. The van der Waals surface area contributed by atoms with Crippen molar-refractivity contribution in [2.75, 3.05) is 11.9 Å². The van der Waals surface area contributed by atoms with E-state index in [1.165, 1.54) is 5.56 Å². The van der Waals surface area contributed by atoms with Crippen LogP contribution in [0.4, 0.5) is 5.82 Å². The zero-order valence-electron chi connectivity index (χ0n) is 9.85. The van der Waals surface area contributed by atoms with Crippen LogP contribution >= 0.6 is 27.3 Å². The van der Waals surface area contributed by atoms with Gasteiger partial charge in [-0.1, -0.05) is 0 Å². The van der Waals surface area contributed by atoms with Gasteiger partial charge in [-0.15, -0.1) is 11.3 Å². The fraction of sp³-hybridized carbons (Fsp3) is 0.167. The van der Waals surface area contributed by atoms with Crippen LogP contribution in [-0.2, 0) is 6.54 Å². The maximum absolute atomic E-state index is 7.42. The van der Waals surface area contributed by atoms with Gasteiger partial charge in [0.15, 0.2) is 0 Å². The Morgan fingerprint density at radius 3 is 2.94 bits per heavy atom. The first-order valence-corrected chi connectivity index (χ1v) is 6.98. The molecule has 2 heterocycles. The minimum atomic E-state index is 0.0605. The van der Waals surface area contributed by atoms with E-state index < -0.39 is 0 Å². The molecule has 18 heavy (non-hydrogen) atoms. The molecule has 6 heteroatoms. The molecule has 0 atom stereocenters. The first kappa shape index (κ1) is 13.0. The van der Waals surface area contributed by atoms with Crippen LogP contribution in [0.15, 0.2) is 33.6 Å². The van der Waals surface area contributed by atoms with Gasteiger partial charge in [-0.05, 0) is 45.1 Å². The molecule has 2 aromatic rings. The molecule has 0 saturated heterocycles. The van der Waals surface area contributed by atoms with Crippen LogP contribution in [0.3, 0.4) is 0 Å². The lowest BCUT2D eigenvalue weighted by Crippen LogP contribution is -2.19. The van der Waals surface area contributed by atoms with Crippen LogP contribution in [0.25, 0.3) is 0 Å². The highest BCUT2D eigenvalue weighted by molar-refractivity contribution is 9.11. The SMILES string of the molecule is CN(Cc1csc(Br)c1)c1cc(C(=N)N)ccn1. The van der Waals surface area contributed by atoms with Gasteiger partial charge in [0.05, 0.1) is 3.79 Å². The van der Waals surface area contributed by atoms with Crippen molar-refractivity contribution >= 4 is 38.9 Å². The lowest BCUT2D eigenvalue weighted by Gasteiger charge is -2.17. The molecular weight excluding hydrogens is 312 g/mol. The highest BCUT2D eigenvalue weighted by Crippen LogP contribution is 2.22. The summed E-state index contributed by atoms with van der Waals surface area (Å²) >= 11 is 5.11. The predicted molar refractivity (Wildman–Crippen MR) is 79.4 cm³/mol. The van der Waals surface area contributed by atoms with Crippen LogP contribution in [-0.4, -0.2) is 17.9 Å². The second-order valence-electron chi connectivity index (χ2n) is 3.93. The third kappa shape index (κ3) is 3.08. The van der Waals surface area contributed by atoms with E-state index in [2.05, 4.69) is 32.4 Å². The summed E-state index contributed by atoms with van der Waals surface area (Å²) in [6.45, 7) is 0.774. The van der Waals surface area contributed by atoms with E-state index in [-0.39, 0.29) is 5.84 Å². The van der Waals surface area contributed by atoms with Crippen LogP contribution in [0, 0.1) is 5.41 Å². The minimum absolute atomic E-state index is 0.0605. The third-order valence-corrected chi connectivity index (χ3v) is 4.04. The zero-order valence-corrected chi connectivity index (χ0v) is 12.3. The minimum Gasteiger partial charge on any atom is -0.384 e. The van der Waals surface area contributed by atoms with E-state index in [4.69, 9.17) is 11.1 Å². The maximum atomic E-state index is 7.42. The fourth-order valence-corrected chi connectivity index (χ4v) is 2.78. The molecule has 0 radical (unpaired) electrons. The first-order chi connectivity index (χ1) is 8.56. The largest absolute Gasteiger partial charge is 0.384 e. The summed E-state index contributed by atoms with van der Waals surface area (Å²) in [5.41, 5.74) is 7.39. The normalized spacial score (nSPS) is 10.3. The molecule has 0 aliphatic carbocycles. The average Bonchev–Trinajstić information content (AvgIpc) is 2.75. The topological polar surface area (TPSA) is 66.0 Å². The molecule has 0 aromatic carbocycles. The van der Waals surface area contributed by atoms with Gasteiger partial charge in [0.1, 0.15) is 11.7 Å². The second-order valence-corrected chi connectivity index (χ2v) is 6.22. The Balaban J connectivity index is 2.15. The van der Waals surface area contributed by atoms with E-state index in [0.717, 1.165) is 16.1 Å². The predicted octanol–water partition coefficient (Wildman–Crippen LogP) is 2.83. The summed E-state index contributed by atoms with van der Waals surface area (Å²) in [7, 11) is 1.97. The van der Waals surface area contributed by atoms with E-state index in [1.54, 1.807) is 23.6 Å². The number of nitrogens with two attached hydrogens (primary N) is 1. The Morgan fingerprint density at radius 2 is 2.33 bits per heavy atom. The lowest BCUT2D eigenvalue weighted by atomic mass is 10.2. The Morgan fingerprint density at radius 1 is 1.56 bits per heavy atom. The van der Waals surface area contributed by atoms with Gasteiger partial charge in [0, 0.05) is 25.4 Å². The molecule has 2 aromatic heterocycles. The van der Waals surface area contributed by atoms with Crippen LogP contribution in [0.2, 0.25) is 0 Å². The van der Waals surface area contributed by atoms with Crippen LogP contribution in [0.5, 0.6) is 0 Å². The smallest absolute Gasteiger partial charge is 0.129 e. The number of hydrogen-bond acceptors (Lipinski definition) is 4. The number of halogens is 1. The van der Waals surface area contributed by atoms with Crippen molar-refractivity contribution in [1.82, 2.24) is 4.98 Å². The number of anilines is 1. The van der Waals surface area contributed by atoms with Crippen molar-refractivity contribution in [1.29, 1.82) is 5.41 Å². The first-order valence-electron chi connectivity index (χ1n) is 5.31. The molecule has 0 saturated carbocycles. The van der Waals surface area contributed by atoms with E-state index in [9.17, 15) is 0 Å². The van der Waals surface area contributed by atoms with Crippen LogP contribution in [0.1, 0.15) is 11.1 Å². The van der Waals surface area contributed by atoms with Gasteiger partial charge < -0.3 is 10.6 Å². The quantitative estimate of drug-likeness (QED) is 0.671. The summed E-state index contributed by atoms with van der Waals surface area (Å²) in [6.07, 6.45) is 1.67. The number of pyridine rings is 1. The van der Waals surface area contributed by atoms with E-state index in [1.807, 2.05) is 18.0 Å². The number of aromatic nitrogens is 1. The molecular formula is C12H13BrN4S. The van der Waals surface area contributed by atoms with Gasteiger partial charge in [-0.3, -0.25) is 5.41 Å². The molecule has 94 valence electrons. The van der Waals surface area contributed by atoms with Crippen molar-refractivity contribution in [3.05, 3.63) is 44.7 Å². The van der Waals surface area contributed by atoms with Crippen molar-refractivity contribution in [3.8, 4) is 0 Å². The molecule has 0 aliphatic heterocycles. The average molecular weight is 325 g/mol. The summed E-state index contributed by atoms with van der Waals surface area (Å²) < 4.78 is 1.12. The summed E-state index contributed by atoms with van der Waals surface area (Å²) in [5, 5.41) is 9.53. The van der Waals surface area contributed by atoms with Gasteiger partial charge in [-0.25, -0.2) is 4.98 Å². The zero-order chi connectivity index (χ0) is 13.1. The van der Waals surface area contributed by atoms with Crippen molar-refractivity contribution in [2.45, 2.75) is 6.54 Å². The van der Waals surface area contributed by atoms with Gasteiger partial charge in [0.2, 0.25) is 0 Å². The molecule has 0 bridgehead atoms. The molecule has 0 aliphatic rings. The number of nitrogens with one attached hydrogen (secondary N) is 1. The van der Waals surface area contributed by atoms with Crippen molar-refractivity contribution in [2.24, 2.45) is 5.73 Å². The molecule has 0 fully saturated rings. The Bertz CT molecular complexity index is 567. The second kappa shape index (κ2) is 5.49. The Kier molecular flexibility index (Phi) is 3.98. The number of amidine groups is 1. The fourth-order valence-electron chi connectivity index (χ4n) is 1.58. The number of thiophene rings is 1. The molecule has 3 N–H and O–H groups in total. The third-order valence-electron chi connectivity index (χ3n) is 2.49. The summed E-state index contributed by atoms with van der Waals surface area (Å²) in [4.78, 5) is 6.32. The van der Waals surface area contributed by atoms with Crippen LogP contribution < -0.4 is 10.6 Å². The molecule has 0 amide bonds. The van der Waals surface area contributed by atoms with Gasteiger partial charge >= 0.3 is 0 Å². The number of nitrogens with zero attached hydrogens (tertiary/aromatic N) is 2. The van der Waals surface area contributed by atoms with E-state index in [0.29, 0.717) is 5.56 Å². The lowest BCUT2D eigenvalue weighted by molar-refractivity contribution is 0.901. The summed E-state index contributed by atoms with van der Waals surface area (Å²) in [6, 6.07) is 5.65. The van der Waals surface area contributed by atoms with E-state index >= 15 is 0 Å². The monoisotopic (exact) mass is 324 g/mol. The van der Waals surface area contributed by atoms with Gasteiger partial charge in [-0.2, -0.15) is 0 Å². The van der Waals surface area contributed by atoms with Crippen molar-refractivity contribution < 1.29 is 0 Å². The van der Waals surface area contributed by atoms with Gasteiger partial charge in [0.25, 0.3) is 0 Å². The Hall–Kier alpha value is -1.40. The number of rotatable bonds is 4. The standard InChI is InChI=1S/C12H13BrN4S/c1-17(6-8-4-10(13)18-7-8)11-5-9(12(14)15)2-3-16-11/h2-5,7H,6H2,1H3,(H3,14,15). The Labute approximate surface area is 118 Å². The van der Waals surface area contributed by atoms with Crippen molar-refractivity contribution in [3.63, 3.8) is 0 Å². The molecule has 0 spiro atoms. The number of hydrogen-bond donors (Lipinski definition) is 2. The highest BCUT2D eigenvalue weighted by atomic mass is 79.9. The molecule has 4 nitrogen and oxygen atoms in total. The number of nitrogen functional groups attached to an aromatic ring is 1. The summed E-state index contributed by atoms with van der Waals surface area (Å²) in [5.74, 6) is 0.871. The molecule has 2 rings (SSSR count).